The molecule has 0 atom stereocenters. The number of hydrogen-bond acceptors (Lipinski definition) is 10. The molecule has 2 aromatic carbocycles. The number of H-pyrrole nitrogens is 2. The molecule has 0 bridgehead atoms. The van der Waals surface area contributed by atoms with E-state index in [1.165, 1.54) is 33.8 Å². The molecule has 5 aromatic heterocycles. The van der Waals surface area contributed by atoms with Gasteiger partial charge in [0.15, 0.2) is 10.0 Å². The van der Waals surface area contributed by atoms with Gasteiger partial charge in [-0.3, -0.25) is 0 Å². The summed E-state index contributed by atoms with van der Waals surface area (Å²) in [7, 11) is 0. The number of benzene rings is 2. The molecule has 0 aliphatic carbocycles. The van der Waals surface area contributed by atoms with Crippen molar-refractivity contribution in [2.24, 2.45) is 9.98 Å². The van der Waals surface area contributed by atoms with Crippen molar-refractivity contribution in [1.82, 2.24) is 40.3 Å². The second-order valence-corrected chi connectivity index (χ2v) is 11.0. The average molecular weight is 561 g/mol. The van der Waals surface area contributed by atoms with Crippen LogP contribution in [0.3, 0.4) is 0 Å². The van der Waals surface area contributed by atoms with E-state index in [-0.39, 0.29) is 0 Å². The van der Waals surface area contributed by atoms with Gasteiger partial charge in [0.25, 0.3) is 0 Å². The highest BCUT2D eigenvalue weighted by Crippen LogP contribution is 2.35. The zero-order valence-electron chi connectivity index (χ0n) is 21.3. The summed E-state index contributed by atoms with van der Waals surface area (Å²) >= 11 is 2.65. The zero-order valence-corrected chi connectivity index (χ0v) is 23.0. The molecule has 12 heteroatoms. The highest BCUT2D eigenvalue weighted by atomic mass is 32.1. The minimum atomic E-state index is 0.505. The maximum atomic E-state index is 4.64. The van der Waals surface area contributed by atoms with E-state index in [1.54, 1.807) is 12.4 Å². The Kier molecular flexibility index (Phi) is 6.02. The second kappa shape index (κ2) is 9.98. The average Bonchev–Trinajstić information content (AvgIpc) is 3.62. The number of hydrogen-bond donors (Lipinski definition) is 2. The maximum Gasteiger partial charge on any atom is 0.233 e. The predicted octanol–water partition coefficient (Wildman–Crippen LogP) is 5.56. The minimum absolute atomic E-state index is 0.505. The van der Waals surface area contributed by atoms with Crippen LogP contribution in [0, 0.1) is 13.8 Å². The molecule has 40 heavy (non-hydrogen) atoms. The van der Waals surface area contributed by atoms with Crippen LogP contribution in [0.25, 0.3) is 43.2 Å². The number of aromatic nitrogens is 8. The monoisotopic (exact) mass is 560 g/mol. The van der Waals surface area contributed by atoms with Gasteiger partial charge in [0.2, 0.25) is 10.3 Å². The normalized spacial score (nSPS) is 12.6. The molecule has 7 rings (SSSR count). The summed E-state index contributed by atoms with van der Waals surface area (Å²) in [6, 6.07) is 20.4. The van der Waals surface area contributed by atoms with Crippen molar-refractivity contribution in [3.05, 3.63) is 95.2 Å². The van der Waals surface area contributed by atoms with Gasteiger partial charge < -0.3 is 9.97 Å². The van der Waals surface area contributed by atoms with E-state index in [0.717, 1.165) is 21.8 Å². The van der Waals surface area contributed by atoms with Gasteiger partial charge in [-0.2, -0.15) is 0 Å². The van der Waals surface area contributed by atoms with E-state index in [2.05, 4.69) is 101 Å². The fraction of sp³-hybridized carbons (Fsp3) is 0.0714. The van der Waals surface area contributed by atoms with E-state index in [1.807, 2.05) is 24.3 Å². The molecule has 0 fully saturated rings. The number of aromatic amines is 2. The van der Waals surface area contributed by atoms with Gasteiger partial charge in [-0.15, -0.1) is 20.4 Å². The topological polar surface area (TPSA) is 134 Å². The summed E-state index contributed by atoms with van der Waals surface area (Å²) in [5.74, 6) is 0. The van der Waals surface area contributed by atoms with Crippen LogP contribution >= 0.6 is 22.7 Å². The Hall–Kier alpha value is -4.94. The first kappa shape index (κ1) is 24.1. The lowest BCUT2D eigenvalue weighted by Gasteiger charge is -2.00. The Morgan fingerprint density at radius 1 is 0.575 bits per heavy atom. The number of nitrogens with zero attached hydrogens (tertiary/aromatic N) is 8. The first-order valence-electron chi connectivity index (χ1n) is 12.3. The quantitative estimate of drug-likeness (QED) is 0.290. The van der Waals surface area contributed by atoms with Crippen LogP contribution in [0.5, 0.6) is 0 Å². The van der Waals surface area contributed by atoms with Crippen molar-refractivity contribution in [3.8, 4) is 21.4 Å². The third-order valence-corrected chi connectivity index (χ3v) is 7.80. The van der Waals surface area contributed by atoms with Gasteiger partial charge in [0.1, 0.15) is 22.4 Å². The second-order valence-electron chi connectivity index (χ2n) is 9.13. The number of nitrogens with one attached hydrogen (secondary N) is 2. The van der Waals surface area contributed by atoms with Crippen molar-refractivity contribution in [2.75, 3.05) is 0 Å². The first-order chi connectivity index (χ1) is 19.6. The summed E-state index contributed by atoms with van der Waals surface area (Å²) in [6.07, 6.45) is 3.24. The van der Waals surface area contributed by atoms with E-state index in [0.29, 0.717) is 42.6 Å². The highest BCUT2D eigenvalue weighted by molar-refractivity contribution is 7.19. The third kappa shape index (κ3) is 4.81. The highest BCUT2D eigenvalue weighted by Gasteiger charge is 2.18. The molecule has 10 nitrogen and oxygen atoms in total. The Morgan fingerprint density at radius 3 is 1.50 bits per heavy atom. The van der Waals surface area contributed by atoms with Crippen molar-refractivity contribution >= 4 is 54.7 Å². The summed E-state index contributed by atoms with van der Waals surface area (Å²) in [5.41, 5.74) is 6.88. The molecule has 5 heterocycles. The van der Waals surface area contributed by atoms with Crippen LogP contribution in [0.1, 0.15) is 11.1 Å². The summed E-state index contributed by atoms with van der Waals surface area (Å²) in [4.78, 5) is 25.1. The van der Waals surface area contributed by atoms with Gasteiger partial charge in [0, 0.05) is 23.4 Å². The fourth-order valence-electron chi connectivity index (χ4n) is 4.24. The van der Waals surface area contributed by atoms with Gasteiger partial charge in [-0.05, 0) is 72.1 Å². The lowest BCUT2D eigenvalue weighted by Crippen LogP contribution is -2.05. The smallest absolute Gasteiger partial charge is 0.233 e. The van der Waals surface area contributed by atoms with Gasteiger partial charge >= 0.3 is 0 Å². The molecule has 0 amide bonds. The number of fused-ring (bicyclic) bond motifs is 2. The van der Waals surface area contributed by atoms with Crippen molar-refractivity contribution in [2.45, 2.75) is 13.8 Å². The van der Waals surface area contributed by atoms with Crippen molar-refractivity contribution in [3.63, 3.8) is 0 Å². The minimum Gasteiger partial charge on any atom is -0.340 e. The lowest BCUT2D eigenvalue weighted by molar-refractivity contribution is 1.04. The SMILES string of the molecule is Cc1ccc2ccc(=Nc3nnc(-c4nccnc4-c4nnc(N=c5ccc6ccc(C)cc6[nH]5)s4)s3)[nH]c2c1. The molecular formula is C28H20N10S2. The van der Waals surface area contributed by atoms with Crippen LogP contribution in [-0.2, 0) is 0 Å². The molecule has 2 N–H and O–H groups in total. The van der Waals surface area contributed by atoms with Gasteiger partial charge in [-0.1, -0.05) is 46.9 Å². The van der Waals surface area contributed by atoms with Crippen LogP contribution in [0.2, 0.25) is 0 Å². The summed E-state index contributed by atoms with van der Waals surface area (Å²) < 4.78 is 0. The molecule has 0 saturated heterocycles. The Bertz CT molecular complexity index is 2020. The maximum absolute atomic E-state index is 4.64. The molecule has 0 aliphatic heterocycles. The Balaban J connectivity index is 1.21. The fourth-order valence-corrected chi connectivity index (χ4v) is 5.70. The molecule has 0 unspecified atom stereocenters. The van der Waals surface area contributed by atoms with Crippen molar-refractivity contribution < 1.29 is 0 Å². The van der Waals surface area contributed by atoms with Crippen LogP contribution in [0.15, 0.2) is 83.0 Å². The van der Waals surface area contributed by atoms with Crippen molar-refractivity contribution in [1.29, 1.82) is 0 Å². The zero-order chi connectivity index (χ0) is 27.1. The largest absolute Gasteiger partial charge is 0.340 e. The van der Waals surface area contributed by atoms with E-state index < -0.39 is 0 Å². The number of pyridine rings is 2. The molecule has 194 valence electrons. The van der Waals surface area contributed by atoms with E-state index in [4.69, 9.17) is 0 Å². The molecule has 0 spiro atoms. The standard InChI is InChI=1S/C28H20N10S2/c1-15-3-5-17-7-9-21(31-19(17)13-15)33-27-37-35-25(39-27)23-24(30-12-11-29-23)26-36-38-28(40-26)34-22-10-8-18-6-4-16(2)14-20(18)32-22/h3-14H,1-2H3,(H,31,33,37)(H,32,34,38). The van der Waals surface area contributed by atoms with Gasteiger partial charge in [-0.25, -0.2) is 20.0 Å². The van der Waals surface area contributed by atoms with Crippen LogP contribution in [0.4, 0.5) is 10.3 Å². The molecule has 0 aliphatic rings. The first-order valence-corrected chi connectivity index (χ1v) is 14.0. The van der Waals surface area contributed by atoms with Crippen LogP contribution in [-0.4, -0.2) is 40.3 Å². The van der Waals surface area contributed by atoms with Gasteiger partial charge in [0.05, 0.1) is 0 Å². The predicted molar refractivity (Wildman–Crippen MR) is 156 cm³/mol. The molecular weight excluding hydrogens is 541 g/mol. The molecule has 0 saturated carbocycles. The number of aryl methyl sites for hydroxylation is 2. The molecule has 7 aromatic rings. The lowest BCUT2D eigenvalue weighted by atomic mass is 10.1. The summed E-state index contributed by atoms with van der Waals surface area (Å²) in [6.45, 7) is 4.12. The van der Waals surface area contributed by atoms with E-state index in [9.17, 15) is 0 Å². The summed E-state index contributed by atoms with van der Waals surface area (Å²) in [5, 5.41) is 21.6. The Morgan fingerprint density at radius 2 is 1.02 bits per heavy atom. The van der Waals surface area contributed by atoms with E-state index >= 15 is 0 Å². The Labute approximate surface area is 235 Å². The number of rotatable bonds is 4. The molecule has 0 radical (unpaired) electrons. The van der Waals surface area contributed by atoms with Crippen LogP contribution < -0.4 is 11.0 Å². The third-order valence-electron chi connectivity index (χ3n) is 6.15.